The van der Waals surface area contributed by atoms with Crippen LogP contribution in [0.25, 0.3) is 22.1 Å². The minimum Gasteiger partial charge on any atom is -0.351 e. The molecule has 0 aliphatic carbocycles. The molecule has 35 heavy (non-hydrogen) atoms. The molecule has 0 radical (unpaired) electrons. The molecule has 0 atom stereocenters. The fourth-order valence-corrected chi connectivity index (χ4v) is 6.31. The third kappa shape index (κ3) is 3.76. The van der Waals surface area contributed by atoms with Gasteiger partial charge in [-0.1, -0.05) is 12.1 Å². The van der Waals surface area contributed by atoms with Crippen LogP contribution in [0.15, 0.2) is 51.1 Å². The van der Waals surface area contributed by atoms with Gasteiger partial charge in [-0.2, -0.15) is 25.3 Å². The average molecular weight is 539 g/mol. The molecule has 4 aromatic rings. The highest BCUT2D eigenvalue weighted by Crippen LogP contribution is 2.50. The summed E-state index contributed by atoms with van der Waals surface area (Å²) >= 11 is 0. The molecule has 1 aromatic heterocycles. The van der Waals surface area contributed by atoms with Gasteiger partial charge in [0.05, 0.1) is 33.8 Å². The smallest absolute Gasteiger partial charge is 0.298 e. The molecule has 0 saturated heterocycles. The molecule has 0 spiro atoms. The van der Waals surface area contributed by atoms with E-state index in [1.54, 1.807) is 12.1 Å². The first-order valence-electron chi connectivity index (χ1n) is 9.54. The SMILES string of the molecule is Cc1cc2c(c(S(=O)(=O)O)c1)Nc1c(c(S(=O)(=O)O)c3nc4ccccc4nc3c1S(=O)(=O)O)N2. The molecular weight excluding hydrogens is 524 g/mol. The van der Waals surface area contributed by atoms with E-state index in [4.69, 9.17) is 0 Å². The monoisotopic (exact) mass is 538 g/mol. The zero-order valence-corrected chi connectivity index (χ0v) is 19.8. The van der Waals surface area contributed by atoms with Crippen LogP contribution < -0.4 is 10.6 Å². The Morgan fingerprint density at radius 3 is 1.63 bits per heavy atom. The normalized spacial score (nSPS) is 13.7. The summed E-state index contributed by atoms with van der Waals surface area (Å²) in [6, 6.07) is 8.56. The third-order valence-electron chi connectivity index (χ3n) is 5.25. The van der Waals surface area contributed by atoms with Crippen LogP contribution in [0.2, 0.25) is 0 Å². The number of rotatable bonds is 3. The Bertz CT molecular complexity index is 1940. The van der Waals surface area contributed by atoms with Gasteiger partial charge in [0.2, 0.25) is 0 Å². The number of aryl methyl sites for hydroxylation is 1. The number of fused-ring (bicyclic) bond motifs is 4. The van der Waals surface area contributed by atoms with E-state index in [9.17, 15) is 38.9 Å². The molecule has 0 amide bonds. The number of hydrogen-bond donors (Lipinski definition) is 5. The van der Waals surface area contributed by atoms with Crippen LogP contribution in [0, 0.1) is 6.92 Å². The number of hydrogen-bond acceptors (Lipinski definition) is 10. The topological polar surface area (TPSA) is 213 Å². The van der Waals surface area contributed by atoms with Crippen LogP contribution in [-0.4, -0.2) is 48.9 Å². The molecule has 5 N–H and O–H groups in total. The number of anilines is 4. The maximum atomic E-state index is 12.5. The van der Waals surface area contributed by atoms with E-state index in [-0.39, 0.29) is 22.4 Å². The van der Waals surface area contributed by atoms with Crippen molar-refractivity contribution >= 4 is 75.2 Å². The van der Waals surface area contributed by atoms with Gasteiger partial charge in [-0.3, -0.25) is 13.7 Å². The van der Waals surface area contributed by atoms with Crippen molar-refractivity contribution in [3.63, 3.8) is 0 Å². The lowest BCUT2D eigenvalue weighted by Gasteiger charge is -2.28. The van der Waals surface area contributed by atoms with Crippen molar-refractivity contribution in [3.05, 3.63) is 42.0 Å². The Morgan fingerprint density at radius 1 is 0.686 bits per heavy atom. The molecule has 0 bridgehead atoms. The molecule has 1 aliphatic heterocycles. The van der Waals surface area contributed by atoms with Gasteiger partial charge in [-0.05, 0) is 36.8 Å². The van der Waals surface area contributed by atoms with Gasteiger partial charge >= 0.3 is 0 Å². The first-order chi connectivity index (χ1) is 16.2. The molecule has 1 aliphatic rings. The molecule has 5 rings (SSSR count). The van der Waals surface area contributed by atoms with Crippen molar-refractivity contribution in [2.75, 3.05) is 10.6 Å². The molecule has 0 saturated carbocycles. The summed E-state index contributed by atoms with van der Waals surface area (Å²) in [6.45, 7) is 1.50. The summed E-state index contributed by atoms with van der Waals surface area (Å²) in [5.41, 5.74) is -2.06. The lowest BCUT2D eigenvalue weighted by atomic mass is 10.1. The summed E-state index contributed by atoms with van der Waals surface area (Å²) < 4.78 is 104. The summed E-state index contributed by atoms with van der Waals surface area (Å²) in [5, 5.41) is 5.09. The average Bonchev–Trinajstić information content (AvgIpc) is 2.71. The van der Waals surface area contributed by atoms with Crippen LogP contribution in [0.4, 0.5) is 22.7 Å². The first kappa shape index (κ1) is 23.3. The number of benzene rings is 3. The first-order valence-corrected chi connectivity index (χ1v) is 13.9. The Labute approximate surface area is 198 Å². The highest BCUT2D eigenvalue weighted by Gasteiger charge is 2.37. The zero-order chi connectivity index (χ0) is 25.5. The van der Waals surface area contributed by atoms with Crippen molar-refractivity contribution in [1.82, 2.24) is 9.97 Å². The second-order valence-corrected chi connectivity index (χ2v) is 11.8. The van der Waals surface area contributed by atoms with Gasteiger partial charge in [0.1, 0.15) is 25.7 Å². The fraction of sp³-hybridized carbons (Fsp3) is 0.0526. The number of aromatic nitrogens is 2. The van der Waals surface area contributed by atoms with Gasteiger partial charge in [0.25, 0.3) is 30.4 Å². The van der Waals surface area contributed by atoms with E-state index in [0.29, 0.717) is 5.56 Å². The quantitative estimate of drug-likeness (QED) is 0.165. The second-order valence-electron chi connectivity index (χ2n) is 7.68. The van der Waals surface area contributed by atoms with Gasteiger partial charge in [-0.15, -0.1) is 0 Å². The lowest BCUT2D eigenvalue weighted by Crippen LogP contribution is -2.19. The molecule has 16 heteroatoms. The summed E-state index contributed by atoms with van der Waals surface area (Å²) in [6.07, 6.45) is 0. The highest BCUT2D eigenvalue weighted by atomic mass is 32.2. The standard InChI is InChI=1S/C19H14N4O9S3/c1-8-6-11-13(12(7-8)33(24,25)26)23-17-16(22-11)18(34(27,28)29)14-15(19(17)35(30,31)32)21-10-5-3-2-4-9(10)20-14/h2-7,22-23H,1H3,(H,24,25,26)(H,27,28,29)(H,30,31,32). The summed E-state index contributed by atoms with van der Waals surface area (Å²) in [5.74, 6) is 0. The third-order valence-corrected chi connectivity index (χ3v) is 7.96. The summed E-state index contributed by atoms with van der Waals surface area (Å²) in [4.78, 5) is 5.90. The molecule has 2 heterocycles. The predicted octanol–water partition coefficient (Wildman–Crippen LogP) is 2.63. The Morgan fingerprint density at radius 2 is 1.17 bits per heavy atom. The van der Waals surface area contributed by atoms with E-state index < -0.39 is 67.4 Å². The maximum Gasteiger partial charge on any atom is 0.298 e. The molecule has 13 nitrogen and oxygen atoms in total. The van der Waals surface area contributed by atoms with Crippen molar-refractivity contribution in [1.29, 1.82) is 0 Å². The van der Waals surface area contributed by atoms with Crippen molar-refractivity contribution in [2.24, 2.45) is 0 Å². The Hall–Kier alpha value is -3.41. The minimum absolute atomic E-state index is 0.0654. The van der Waals surface area contributed by atoms with E-state index in [2.05, 4.69) is 20.6 Å². The molecule has 0 unspecified atom stereocenters. The summed E-state index contributed by atoms with van der Waals surface area (Å²) in [7, 11) is -15.1. The zero-order valence-electron chi connectivity index (χ0n) is 17.4. The van der Waals surface area contributed by atoms with E-state index in [1.165, 1.54) is 25.1 Å². The largest absolute Gasteiger partial charge is 0.351 e. The van der Waals surface area contributed by atoms with E-state index >= 15 is 0 Å². The Balaban J connectivity index is 2.02. The minimum atomic E-state index is -5.15. The van der Waals surface area contributed by atoms with Crippen LogP contribution in [0.5, 0.6) is 0 Å². The number of nitrogens with zero attached hydrogens (tertiary/aromatic N) is 2. The van der Waals surface area contributed by atoms with Crippen LogP contribution in [-0.2, 0) is 30.4 Å². The lowest BCUT2D eigenvalue weighted by molar-refractivity contribution is 0.480. The predicted molar refractivity (Wildman–Crippen MR) is 124 cm³/mol. The van der Waals surface area contributed by atoms with Gasteiger partial charge in [0, 0.05) is 0 Å². The van der Waals surface area contributed by atoms with Crippen LogP contribution >= 0.6 is 0 Å². The molecule has 3 aromatic carbocycles. The highest BCUT2D eigenvalue weighted by molar-refractivity contribution is 7.87. The van der Waals surface area contributed by atoms with Crippen molar-refractivity contribution in [3.8, 4) is 0 Å². The van der Waals surface area contributed by atoms with E-state index in [0.717, 1.165) is 6.07 Å². The maximum absolute atomic E-state index is 12.5. The van der Waals surface area contributed by atoms with Crippen molar-refractivity contribution < 1.29 is 38.9 Å². The second kappa shape index (κ2) is 7.30. The van der Waals surface area contributed by atoms with Crippen LogP contribution in [0.3, 0.4) is 0 Å². The Kier molecular flexibility index (Phi) is 4.86. The van der Waals surface area contributed by atoms with Gasteiger partial charge < -0.3 is 10.6 Å². The van der Waals surface area contributed by atoms with Crippen LogP contribution in [0.1, 0.15) is 5.56 Å². The van der Waals surface area contributed by atoms with Gasteiger partial charge in [0.15, 0.2) is 0 Å². The molecule has 0 fully saturated rings. The number of nitrogens with one attached hydrogen (secondary N) is 2. The van der Waals surface area contributed by atoms with Gasteiger partial charge in [-0.25, -0.2) is 9.97 Å². The molecule has 182 valence electrons. The van der Waals surface area contributed by atoms with E-state index in [1.807, 2.05) is 0 Å². The number of para-hydroxylation sites is 2. The molecular formula is C19H14N4O9S3. The van der Waals surface area contributed by atoms with Crippen molar-refractivity contribution in [2.45, 2.75) is 21.6 Å². The fourth-order valence-electron chi connectivity index (χ4n) is 3.97.